The molecule has 17 heavy (non-hydrogen) atoms. The number of rotatable bonds is 4. The molecule has 0 aliphatic carbocycles. The Kier molecular flexibility index (Phi) is 8.99. The second-order valence-corrected chi connectivity index (χ2v) is 10.2. The van der Waals surface area contributed by atoms with Crippen molar-refractivity contribution in [2.24, 2.45) is 0 Å². The zero-order chi connectivity index (χ0) is 13.3. The van der Waals surface area contributed by atoms with Crippen LogP contribution >= 0.6 is 0 Å². The molecule has 0 fully saturated rings. The fraction of sp³-hybridized carbons (Fsp3) is 0.375. The van der Waals surface area contributed by atoms with E-state index in [1.54, 1.807) is 0 Å². The number of hydrogen-bond donors (Lipinski definition) is 0. The first kappa shape index (κ1) is 16.3. The van der Waals surface area contributed by atoms with E-state index in [1.165, 1.54) is 21.2 Å². The summed E-state index contributed by atoms with van der Waals surface area (Å²) in [6.07, 6.45) is 0. The Morgan fingerprint density at radius 3 is 1.29 bits per heavy atom. The van der Waals surface area contributed by atoms with E-state index in [0.717, 1.165) is 11.1 Å². The van der Waals surface area contributed by atoms with E-state index in [9.17, 15) is 0 Å². The van der Waals surface area contributed by atoms with Crippen LogP contribution < -0.4 is 0 Å². The van der Waals surface area contributed by atoms with Gasteiger partial charge in [-0.3, -0.25) is 0 Å². The van der Waals surface area contributed by atoms with E-state index in [0.29, 0.717) is 0 Å². The van der Waals surface area contributed by atoms with E-state index in [-0.39, 0.29) is 17.1 Å². The molecule has 1 rings (SSSR count). The molecule has 0 bridgehead atoms. The van der Waals surface area contributed by atoms with Crippen LogP contribution in [0.1, 0.15) is 38.8 Å². The zero-order valence-corrected chi connectivity index (χ0v) is 14.8. The van der Waals surface area contributed by atoms with Crippen LogP contribution in [-0.2, 0) is 17.1 Å². The van der Waals surface area contributed by atoms with E-state index >= 15 is 0 Å². The van der Waals surface area contributed by atoms with Crippen molar-refractivity contribution in [3.8, 4) is 0 Å². The Balaban J connectivity index is 0.000000437. The van der Waals surface area contributed by atoms with E-state index in [1.807, 2.05) is 13.8 Å². The number of hydrogen-bond acceptors (Lipinski definition) is 0. The van der Waals surface area contributed by atoms with Crippen LogP contribution in [0, 0.1) is 0 Å². The fourth-order valence-electron chi connectivity index (χ4n) is 1.39. The Bertz CT molecular complexity index is 311. The van der Waals surface area contributed by atoms with Crippen LogP contribution in [0.3, 0.4) is 0 Å². The molecule has 0 aliphatic heterocycles. The second kappa shape index (κ2) is 9.36. The Hall–Kier alpha value is -0.677. The molecule has 0 unspecified atom stereocenters. The van der Waals surface area contributed by atoms with Crippen molar-refractivity contribution in [1.29, 1.82) is 0 Å². The molecule has 1 aromatic carbocycles. The molecule has 0 radical (unpaired) electrons. The summed E-state index contributed by atoms with van der Waals surface area (Å²) in [5.41, 5.74) is 4.59. The first-order valence-corrected chi connectivity index (χ1v) is 10.6. The van der Waals surface area contributed by atoms with Crippen molar-refractivity contribution >= 4 is 11.1 Å². The summed E-state index contributed by atoms with van der Waals surface area (Å²) in [4.78, 5) is 0. The van der Waals surface area contributed by atoms with Crippen molar-refractivity contribution in [2.75, 3.05) is 0 Å². The Labute approximate surface area is 114 Å². The van der Waals surface area contributed by atoms with Gasteiger partial charge in [-0.05, 0) is 25.0 Å². The maximum absolute atomic E-state index is 3.88. The van der Waals surface area contributed by atoms with Gasteiger partial charge in [0.1, 0.15) is 0 Å². The Morgan fingerprint density at radius 1 is 0.882 bits per heavy atom. The van der Waals surface area contributed by atoms with Gasteiger partial charge in [-0.1, -0.05) is 48.6 Å². The molecule has 0 nitrogen and oxygen atoms in total. The third kappa shape index (κ3) is 7.28. The minimum absolute atomic E-state index is 0.0972. The molecule has 90 valence electrons. The topological polar surface area (TPSA) is 0 Å². The van der Waals surface area contributed by atoms with Crippen LogP contribution in [-0.4, -0.2) is 0 Å². The zero-order valence-electron chi connectivity index (χ0n) is 11.8. The summed E-state index contributed by atoms with van der Waals surface area (Å²) in [6, 6.07) is 8.30. The molecule has 0 amide bonds. The predicted molar refractivity (Wildman–Crippen MR) is 76.8 cm³/mol. The van der Waals surface area contributed by atoms with Crippen LogP contribution in [0.25, 0.3) is 11.1 Å². The second-order valence-electron chi connectivity index (χ2n) is 4.49. The summed E-state index contributed by atoms with van der Waals surface area (Å²) in [5.74, 6) is 0. The van der Waals surface area contributed by atoms with E-state index < -0.39 is 0 Å². The molecule has 0 saturated carbocycles. The third-order valence-electron chi connectivity index (χ3n) is 2.58. The van der Waals surface area contributed by atoms with Gasteiger partial charge in [0.25, 0.3) is 0 Å². The molecule has 0 aliphatic rings. The predicted octanol–water partition coefficient (Wildman–Crippen LogP) is 5.70. The summed E-state index contributed by atoms with van der Waals surface area (Å²) >= 11 is 0.0972. The van der Waals surface area contributed by atoms with Crippen molar-refractivity contribution < 1.29 is 17.1 Å². The quantitative estimate of drug-likeness (QED) is 0.621. The number of benzene rings is 1. The molecule has 0 atom stereocenters. The van der Waals surface area contributed by atoms with Gasteiger partial charge >= 0.3 is 41.0 Å². The van der Waals surface area contributed by atoms with E-state index in [4.69, 9.17) is 0 Å². The average molecular weight is 282 g/mol. The summed E-state index contributed by atoms with van der Waals surface area (Å²) < 4.78 is 0. The molecule has 0 spiro atoms. The van der Waals surface area contributed by atoms with Crippen LogP contribution in [0.4, 0.5) is 0 Å². The van der Waals surface area contributed by atoms with Crippen molar-refractivity contribution in [1.82, 2.24) is 0 Å². The van der Waals surface area contributed by atoms with Gasteiger partial charge in [0.05, 0.1) is 0 Å². The average Bonchev–Trinajstić information content (AvgIpc) is 2.31. The molecule has 0 saturated heterocycles. The maximum atomic E-state index is 3.88. The molecule has 1 aromatic rings. The molecular formula is C16H24Zn. The monoisotopic (exact) mass is 280 g/mol. The minimum atomic E-state index is 0.0972. The molecule has 0 N–H and O–H groups in total. The van der Waals surface area contributed by atoms with Crippen molar-refractivity contribution in [2.45, 2.75) is 37.7 Å². The van der Waals surface area contributed by atoms with Crippen molar-refractivity contribution in [3.63, 3.8) is 0 Å². The van der Waals surface area contributed by atoms with Gasteiger partial charge < -0.3 is 0 Å². The summed E-state index contributed by atoms with van der Waals surface area (Å²) in [6.45, 7) is 16.4. The SMILES string of the molecule is C=C(C)c1ccc(C(=C)C)cc1.C[CH2][Zn][CH2]C. The van der Waals surface area contributed by atoms with Gasteiger partial charge in [-0.15, -0.1) is 0 Å². The van der Waals surface area contributed by atoms with Crippen LogP contribution in [0.2, 0.25) is 10.0 Å². The number of allylic oxidation sites excluding steroid dienone is 2. The molecule has 0 aromatic heterocycles. The van der Waals surface area contributed by atoms with Gasteiger partial charge in [0, 0.05) is 0 Å². The third-order valence-corrected chi connectivity index (χ3v) is 5.54. The Morgan fingerprint density at radius 2 is 1.18 bits per heavy atom. The molecule has 0 heterocycles. The first-order valence-electron chi connectivity index (χ1n) is 6.44. The normalized spacial score (nSPS) is 8.71. The van der Waals surface area contributed by atoms with Crippen molar-refractivity contribution in [3.05, 3.63) is 48.6 Å². The molecule has 1 heteroatoms. The van der Waals surface area contributed by atoms with Crippen LogP contribution in [0.5, 0.6) is 0 Å². The van der Waals surface area contributed by atoms with Gasteiger partial charge in [0.2, 0.25) is 0 Å². The molecular weight excluding hydrogens is 258 g/mol. The fourth-order valence-corrected chi connectivity index (χ4v) is 2.88. The summed E-state index contributed by atoms with van der Waals surface area (Å²) in [5, 5.41) is 3.06. The van der Waals surface area contributed by atoms with Crippen LogP contribution in [0.15, 0.2) is 37.4 Å². The van der Waals surface area contributed by atoms with Gasteiger partial charge in [-0.25, -0.2) is 0 Å². The summed E-state index contributed by atoms with van der Waals surface area (Å²) in [7, 11) is 0. The van der Waals surface area contributed by atoms with Gasteiger partial charge in [-0.2, -0.15) is 0 Å². The standard InChI is InChI=1S/C12H14.2C2H5.Zn/c1-9(2)11-5-7-12(8-6-11)10(3)4;2*1-2;/h5-8H,1,3H2,2,4H3;2*1H2,2H3;. The van der Waals surface area contributed by atoms with Gasteiger partial charge in [0.15, 0.2) is 0 Å². The first-order chi connectivity index (χ1) is 8.02. The van der Waals surface area contributed by atoms with E-state index in [2.05, 4.69) is 51.3 Å².